The van der Waals surface area contributed by atoms with Gasteiger partial charge in [-0.2, -0.15) is 0 Å². The molecule has 1 atom stereocenters. The van der Waals surface area contributed by atoms with Crippen molar-refractivity contribution in [1.82, 2.24) is 4.90 Å². The van der Waals surface area contributed by atoms with E-state index >= 15 is 0 Å². The first-order valence-corrected chi connectivity index (χ1v) is 7.15. The van der Waals surface area contributed by atoms with Gasteiger partial charge in [0.1, 0.15) is 0 Å². The molecule has 2 nitrogen and oxygen atoms in total. The van der Waals surface area contributed by atoms with Crippen LogP contribution in [0.1, 0.15) is 39.2 Å². The molecule has 0 amide bonds. The van der Waals surface area contributed by atoms with Gasteiger partial charge in [0.05, 0.1) is 0 Å². The molecule has 0 radical (unpaired) electrons. The van der Waals surface area contributed by atoms with Crippen molar-refractivity contribution in [3.8, 4) is 0 Å². The largest absolute Gasteiger partial charge is 0.329 e. The molecule has 1 rings (SSSR count). The first kappa shape index (κ1) is 15.2. The summed E-state index contributed by atoms with van der Waals surface area (Å²) in [7, 11) is 0. The van der Waals surface area contributed by atoms with Gasteiger partial charge in [-0.05, 0) is 44.8 Å². The van der Waals surface area contributed by atoms with Crippen LogP contribution in [0.15, 0.2) is 30.3 Å². The Hall–Kier alpha value is -0.860. The lowest BCUT2D eigenvalue weighted by Gasteiger charge is -2.41. The van der Waals surface area contributed by atoms with Crippen molar-refractivity contribution in [2.24, 2.45) is 5.73 Å². The highest BCUT2D eigenvalue weighted by Crippen LogP contribution is 2.20. The third-order valence-corrected chi connectivity index (χ3v) is 3.62. The normalized spacial score (nSPS) is 14.7. The van der Waals surface area contributed by atoms with Gasteiger partial charge < -0.3 is 5.73 Å². The standard InChI is InChI=1S/C16H28N2/c1-4-11-18(12-5-2)16(3,14-17)13-15-9-7-6-8-10-15/h6-10H,4-5,11-14,17H2,1-3H3. The first-order valence-electron chi connectivity index (χ1n) is 7.15. The minimum atomic E-state index is 0.0768. The summed E-state index contributed by atoms with van der Waals surface area (Å²) >= 11 is 0. The van der Waals surface area contributed by atoms with Crippen molar-refractivity contribution in [3.63, 3.8) is 0 Å². The third kappa shape index (κ3) is 4.11. The quantitative estimate of drug-likeness (QED) is 0.766. The Morgan fingerprint density at radius 2 is 1.61 bits per heavy atom. The Bertz CT molecular complexity index is 317. The summed E-state index contributed by atoms with van der Waals surface area (Å²) in [5.41, 5.74) is 7.53. The maximum absolute atomic E-state index is 6.07. The monoisotopic (exact) mass is 248 g/mol. The average molecular weight is 248 g/mol. The molecule has 0 spiro atoms. The molecule has 0 saturated heterocycles. The molecule has 1 aromatic rings. The van der Waals surface area contributed by atoms with E-state index in [9.17, 15) is 0 Å². The number of benzene rings is 1. The van der Waals surface area contributed by atoms with Crippen molar-refractivity contribution in [3.05, 3.63) is 35.9 Å². The van der Waals surface area contributed by atoms with E-state index in [1.54, 1.807) is 0 Å². The summed E-state index contributed by atoms with van der Waals surface area (Å²) in [6.45, 7) is 9.75. The van der Waals surface area contributed by atoms with Crippen LogP contribution in [0.3, 0.4) is 0 Å². The van der Waals surface area contributed by atoms with Crippen LogP contribution in [0, 0.1) is 0 Å². The molecular formula is C16H28N2. The number of hydrogen-bond acceptors (Lipinski definition) is 2. The highest BCUT2D eigenvalue weighted by molar-refractivity contribution is 5.18. The van der Waals surface area contributed by atoms with Crippen molar-refractivity contribution < 1.29 is 0 Å². The molecule has 0 aliphatic rings. The van der Waals surface area contributed by atoms with Crippen molar-refractivity contribution >= 4 is 0 Å². The molecule has 0 aromatic heterocycles. The van der Waals surface area contributed by atoms with Crippen LogP contribution in [0.4, 0.5) is 0 Å². The van der Waals surface area contributed by atoms with Crippen LogP contribution in [-0.4, -0.2) is 30.1 Å². The van der Waals surface area contributed by atoms with Crippen LogP contribution in [-0.2, 0) is 6.42 Å². The highest BCUT2D eigenvalue weighted by Gasteiger charge is 2.29. The summed E-state index contributed by atoms with van der Waals surface area (Å²) in [6.07, 6.45) is 3.40. The minimum absolute atomic E-state index is 0.0768. The summed E-state index contributed by atoms with van der Waals surface area (Å²) in [5, 5.41) is 0. The van der Waals surface area contributed by atoms with Gasteiger partial charge in [-0.3, -0.25) is 4.90 Å². The Morgan fingerprint density at radius 1 is 1.06 bits per heavy atom. The molecule has 102 valence electrons. The molecule has 2 heteroatoms. The van der Waals surface area contributed by atoms with Crippen molar-refractivity contribution in [2.45, 2.75) is 45.6 Å². The van der Waals surface area contributed by atoms with E-state index in [1.807, 2.05) is 0 Å². The van der Waals surface area contributed by atoms with Crippen LogP contribution in [0.2, 0.25) is 0 Å². The maximum Gasteiger partial charge on any atom is 0.0343 e. The Balaban J connectivity index is 2.81. The lowest BCUT2D eigenvalue weighted by Crippen LogP contribution is -2.53. The van der Waals surface area contributed by atoms with Gasteiger partial charge in [0.25, 0.3) is 0 Å². The third-order valence-electron chi connectivity index (χ3n) is 3.62. The molecule has 2 N–H and O–H groups in total. The molecule has 0 aliphatic carbocycles. The van der Waals surface area contributed by atoms with Crippen LogP contribution in [0.25, 0.3) is 0 Å². The van der Waals surface area contributed by atoms with Gasteiger partial charge in [0.15, 0.2) is 0 Å². The fourth-order valence-electron chi connectivity index (χ4n) is 2.54. The predicted octanol–water partition coefficient (Wildman–Crippen LogP) is 3.07. The lowest BCUT2D eigenvalue weighted by molar-refractivity contribution is 0.110. The molecule has 18 heavy (non-hydrogen) atoms. The molecular weight excluding hydrogens is 220 g/mol. The molecule has 1 aromatic carbocycles. The predicted molar refractivity (Wildman–Crippen MR) is 79.8 cm³/mol. The van der Waals surface area contributed by atoms with Crippen molar-refractivity contribution in [1.29, 1.82) is 0 Å². The molecule has 0 aliphatic heterocycles. The summed E-state index contributed by atoms with van der Waals surface area (Å²) in [5.74, 6) is 0. The summed E-state index contributed by atoms with van der Waals surface area (Å²) in [6, 6.07) is 10.7. The fraction of sp³-hybridized carbons (Fsp3) is 0.625. The zero-order chi connectivity index (χ0) is 13.4. The molecule has 0 heterocycles. The fourth-order valence-corrected chi connectivity index (χ4v) is 2.54. The minimum Gasteiger partial charge on any atom is -0.329 e. The maximum atomic E-state index is 6.07. The smallest absolute Gasteiger partial charge is 0.0343 e. The van der Waals surface area contributed by atoms with Gasteiger partial charge in [0, 0.05) is 12.1 Å². The van der Waals surface area contributed by atoms with Gasteiger partial charge in [0.2, 0.25) is 0 Å². The van der Waals surface area contributed by atoms with E-state index < -0.39 is 0 Å². The molecule has 0 bridgehead atoms. The second-order valence-corrected chi connectivity index (χ2v) is 5.35. The molecule has 1 unspecified atom stereocenters. The Morgan fingerprint density at radius 3 is 2.06 bits per heavy atom. The number of hydrogen-bond donors (Lipinski definition) is 1. The number of rotatable bonds is 8. The summed E-state index contributed by atoms with van der Waals surface area (Å²) < 4.78 is 0. The van der Waals surface area contributed by atoms with E-state index in [0.29, 0.717) is 6.54 Å². The van der Waals surface area contributed by atoms with Crippen LogP contribution >= 0.6 is 0 Å². The number of nitrogens with two attached hydrogens (primary N) is 1. The van der Waals surface area contributed by atoms with Gasteiger partial charge in [-0.25, -0.2) is 0 Å². The zero-order valence-electron chi connectivity index (χ0n) is 12.2. The van der Waals surface area contributed by atoms with Gasteiger partial charge in [-0.1, -0.05) is 44.2 Å². The van der Waals surface area contributed by atoms with Gasteiger partial charge >= 0.3 is 0 Å². The van der Waals surface area contributed by atoms with Gasteiger partial charge in [-0.15, -0.1) is 0 Å². The first-order chi connectivity index (χ1) is 8.66. The van der Waals surface area contributed by atoms with Crippen LogP contribution < -0.4 is 5.73 Å². The topological polar surface area (TPSA) is 29.3 Å². The second kappa shape index (κ2) is 7.55. The highest BCUT2D eigenvalue weighted by atomic mass is 15.2. The Labute approximate surface area is 112 Å². The molecule has 0 saturated carbocycles. The van der Waals surface area contributed by atoms with E-state index in [2.05, 4.69) is 56.0 Å². The van der Waals surface area contributed by atoms with Crippen molar-refractivity contribution in [2.75, 3.05) is 19.6 Å². The Kier molecular flexibility index (Phi) is 6.37. The van der Waals surface area contributed by atoms with Crippen LogP contribution in [0.5, 0.6) is 0 Å². The second-order valence-electron chi connectivity index (χ2n) is 5.35. The average Bonchev–Trinajstić information content (AvgIpc) is 2.39. The SMILES string of the molecule is CCCN(CCC)C(C)(CN)Cc1ccccc1. The molecule has 0 fully saturated rings. The van der Waals surface area contributed by atoms with E-state index in [0.717, 1.165) is 19.5 Å². The summed E-state index contributed by atoms with van der Waals surface area (Å²) in [4.78, 5) is 2.56. The van der Waals surface area contributed by atoms with E-state index in [1.165, 1.54) is 18.4 Å². The lowest BCUT2D eigenvalue weighted by atomic mass is 9.90. The van der Waals surface area contributed by atoms with E-state index in [4.69, 9.17) is 5.73 Å². The number of nitrogens with zero attached hydrogens (tertiary/aromatic N) is 1. The van der Waals surface area contributed by atoms with E-state index in [-0.39, 0.29) is 5.54 Å². The zero-order valence-corrected chi connectivity index (χ0v) is 12.2.